The van der Waals surface area contributed by atoms with Crippen LogP contribution in [0.25, 0.3) is 0 Å². The molecule has 0 bridgehead atoms. The van der Waals surface area contributed by atoms with Gasteiger partial charge in [-0.1, -0.05) is 23.7 Å². The standard InChI is InChI=1S/C12H11ClN2/c13-9-3-1-2-8(6-9)10-4-5-12-11(10)7-14-15-12/h1-3,6-7,10H,4-5H2,(H,14,15)/t10-/m1/s1. The molecule has 3 rings (SSSR count). The highest BCUT2D eigenvalue weighted by atomic mass is 35.5. The molecule has 0 unspecified atom stereocenters. The molecule has 1 aromatic heterocycles. The Hall–Kier alpha value is -1.28. The summed E-state index contributed by atoms with van der Waals surface area (Å²) in [4.78, 5) is 0. The molecule has 1 aliphatic rings. The summed E-state index contributed by atoms with van der Waals surface area (Å²) in [6.45, 7) is 0. The van der Waals surface area contributed by atoms with Crippen molar-refractivity contribution in [3.63, 3.8) is 0 Å². The van der Waals surface area contributed by atoms with E-state index in [0.29, 0.717) is 5.92 Å². The lowest BCUT2D eigenvalue weighted by atomic mass is 9.95. The van der Waals surface area contributed by atoms with Crippen LogP contribution in [0, 0.1) is 0 Å². The fourth-order valence-corrected chi connectivity index (χ4v) is 2.54. The summed E-state index contributed by atoms with van der Waals surface area (Å²) in [5.41, 5.74) is 3.90. The molecule has 15 heavy (non-hydrogen) atoms. The zero-order valence-corrected chi connectivity index (χ0v) is 8.96. The van der Waals surface area contributed by atoms with E-state index in [1.807, 2.05) is 24.4 Å². The Bertz CT molecular complexity index is 490. The van der Waals surface area contributed by atoms with Gasteiger partial charge in [-0.05, 0) is 30.5 Å². The highest BCUT2D eigenvalue weighted by Crippen LogP contribution is 2.37. The van der Waals surface area contributed by atoms with Crippen LogP contribution in [0.3, 0.4) is 0 Å². The first-order chi connectivity index (χ1) is 7.34. The van der Waals surface area contributed by atoms with E-state index >= 15 is 0 Å². The predicted octanol–water partition coefficient (Wildman–Crippen LogP) is 3.14. The highest BCUT2D eigenvalue weighted by Gasteiger charge is 2.25. The van der Waals surface area contributed by atoms with E-state index in [-0.39, 0.29) is 0 Å². The second-order valence-electron chi connectivity index (χ2n) is 3.95. The average Bonchev–Trinajstić information content (AvgIpc) is 2.77. The van der Waals surface area contributed by atoms with Gasteiger partial charge >= 0.3 is 0 Å². The number of hydrogen-bond acceptors (Lipinski definition) is 1. The quantitative estimate of drug-likeness (QED) is 0.783. The Labute approximate surface area is 93.3 Å². The fraction of sp³-hybridized carbons (Fsp3) is 0.250. The maximum absolute atomic E-state index is 6.00. The molecule has 1 N–H and O–H groups in total. The summed E-state index contributed by atoms with van der Waals surface area (Å²) < 4.78 is 0. The van der Waals surface area contributed by atoms with Crippen LogP contribution in [0.15, 0.2) is 30.5 Å². The van der Waals surface area contributed by atoms with Crippen LogP contribution in [0.1, 0.15) is 29.2 Å². The zero-order valence-electron chi connectivity index (χ0n) is 8.20. The monoisotopic (exact) mass is 218 g/mol. The minimum Gasteiger partial charge on any atom is -0.282 e. The number of aromatic amines is 1. The molecule has 1 aromatic carbocycles. The predicted molar refractivity (Wildman–Crippen MR) is 60.2 cm³/mol. The summed E-state index contributed by atoms with van der Waals surface area (Å²) in [7, 11) is 0. The van der Waals surface area contributed by atoms with Crippen molar-refractivity contribution >= 4 is 11.6 Å². The third-order valence-corrected chi connectivity index (χ3v) is 3.30. The molecule has 1 aliphatic carbocycles. The van der Waals surface area contributed by atoms with E-state index in [4.69, 9.17) is 11.6 Å². The third kappa shape index (κ3) is 1.45. The van der Waals surface area contributed by atoms with Crippen molar-refractivity contribution in [2.75, 3.05) is 0 Å². The first-order valence-corrected chi connectivity index (χ1v) is 5.50. The van der Waals surface area contributed by atoms with E-state index in [9.17, 15) is 0 Å². The van der Waals surface area contributed by atoms with Gasteiger partial charge in [-0.25, -0.2) is 0 Å². The van der Waals surface area contributed by atoms with E-state index in [1.54, 1.807) is 0 Å². The van der Waals surface area contributed by atoms with Crippen LogP contribution in [0.2, 0.25) is 5.02 Å². The van der Waals surface area contributed by atoms with Crippen LogP contribution in [0.4, 0.5) is 0 Å². The number of nitrogens with zero attached hydrogens (tertiary/aromatic N) is 1. The van der Waals surface area contributed by atoms with Crippen molar-refractivity contribution in [3.05, 3.63) is 52.3 Å². The molecule has 3 heteroatoms. The van der Waals surface area contributed by atoms with Gasteiger partial charge in [-0.2, -0.15) is 5.10 Å². The average molecular weight is 219 g/mol. The SMILES string of the molecule is Clc1cccc([C@H]2CCc3[nH]ncc32)c1. The van der Waals surface area contributed by atoms with Crippen molar-refractivity contribution in [3.8, 4) is 0 Å². The molecule has 1 atom stereocenters. The maximum Gasteiger partial charge on any atom is 0.0528 e. The second kappa shape index (κ2) is 3.38. The van der Waals surface area contributed by atoms with Crippen molar-refractivity contribution in [1.82, 2.24) is 10.2 Å². The Morgan fingerprint density at radius 2 is 2.33 bits per heavy atom. The first-order valence-electron chi connectivity index (χ1n) is 5.12. The van der Waals surface area contributed by atoms with Crippen LogP contribution >= 0.6 is 11.6 Å². The Morgan fingerprint density at radius 3 is 3.20 bits per heavy atom. The molecule has 2 nitrogen and oxygen atoms in total. The molecule has 76 valence electrons. The van der Waals surface area contributed by atoms with Gasteiger partial charge in [0.25, 0.3) is 0 Å². The smallest absolute Gasteiger partial charge is 0.0528 e. The van der Waals surface area contributed by atoms with Crippen LogP contribution in [-0.4, -0.2) is 10.2 Å². The van der Waals surface area contributed by atoms with Crippen molar-refractivity contribution in [2.24, 2.45) is 0 Å². The topological polar surface area (TPSA) is 28.7 Å². The summed E-state index contributed by atoms with van der Waals surface area (Å²) in [5, 5.41) is 7.94. The van der Waals surface area contributed by atoms with Crippen molar-refractivity contribution < 1.29 is 0 Å². The maximum atomic E-state index is 6.00. The van der Waals surface area contributed by atoms with Crippen LogP contribution in [0.5, 0.6) is 0 Å². The summed E-state index contributed by atoms with van der Waals surface area (Å²) in [6.07, 6.45) is 4.18. The van der Waals surface area contributed by atoms with Gasteiger partial charge in [-0.15, -0.1) is 0 Å². The lowest BCUT2D eigenvalue weighted by Gasteiger charge is -2.09. The van der Waals surface area contributed by atoms with Gasteiger partial charge < -0.3 is 0 Å². The molecule has 0 spiro atoms. The summed E-state index contributed by atoms with van der Waals surface area (Å²) in [6, 6.07) is 8.11. The molecule has 1 heterocycles. The lowest BCUT2D eigenvalue weighted by molar-refractivity contribution is 0.770. The number of H-pyrrole nitrogens is 1. The number of aryl methyl sites for hydroxylation is 1. The molecule has 0 radical (unpaired) electrons. The number of fused-ring (bicyclic) bond motifs is 1. The summed E-state index contributed by atoms with van der Waals surface area (Å²) >= 11 is 6.00. The highest BCUT2D eigenvalue weighted by molar-refractivity contribution is 6.30. The van der Waals surface area contributed by atoms with Crippen LogP contribution in [-0.2, 0) is 6.42 Å². The van der Waals surface area contributed by atoms with E-state index in [0.717, 1.165) is 17.9 Å². The normalized spacial score (nSPS) is 19.1. The van der Waals surface area contributed by atoms with Gasteiger partial charge in [0.2, 0.25) is 0 Å². The summed E-state index contributed by atoms with van der Waals surface area (Å²) in [5.74, 6) is 0.470. The molecule has 0 saturated carbocycles. The van der Waals surface area contributed by atoms with Gasteiger partial charge in [0.05, 0.1) is 6.20 Å². The van der Waals surface area contributed by atoms with E-state index < -0.39 is 0 Å². The molecule has 0 amide bonds. The molecular formula is C12H11ClN2. The number of rotatable bonds is 1. The van der Waals surface area contributed by atoms with Gasteiger partial charge in [-0.3, -0.25) is 5.10 Å². The zero-order chi connectivity index (χ0) is 10.3. The number of halogens is 1. The van der Waals surface area contributed by atoms with E-state index in [2.05, 4.69) is 16.3 Å². The van der Waals surface area contributed by atoms with Gasteiger partial charge in [0, 0.05) is 22.2 Å². The minimum atomic E-state index is 0.470. The number of aromatic nitrogens is 2. The van der Waals surface area contributed by atoms with Gasteiger partial charge in [0.15, 0.2) is 0 Å². The minimum absolute atomic E-state index is 0.470. The molecule has 0 saturated heterocycles. The second-order valence-corrected chi connectivity index (χ2v) is 4.39. The van der Waals surface area contributed by atoms with Crippen molar-refractivity contribution in [1.29, 1.82) is 0 Å². The number of benzene rings is 1. The largest absolute Gasteiger partial charge is 0.282 e. The Morgan fingerprint density at radius 1 is 1.40 bits per heavy atom. The Balaban J connectivity index is 2.03. The van der Waals surface area contributed by atoms with Crippen LogP contribution < -0.4 is 0 Å². The number of nitrogens with one attached hydrogen (secondary N) is 1. The molecule has 0 aliphatic heterocycles. The fourth-order valence-electron chi connectivity index (χ4n) is 2.34. The molecule has 2 aromatic rings. The molecule has 0 fully saturated rings. The Kier molecular flexibility index (Phi) is 2.03. The lowest BCUT2D eigenvalue weighted by Crippen LogP contribution is -1.94. The van der Waals surface area contributed by atoms with Gasteiger partial charge in [0.1, 0.15) is 0 Å². The molecular weight excluding hydrogens is 208 g/mol. The first kappa shape index (κ1) is 8.98. The number of hydrogen-bond donors (Lipinski definition) is 1. The van der Waals surface area contributed by atoms with E-state index in [1.165, 1.54) is 16.8 Å². The third-order valence-electron chi connectivity index (χ3n) is 3.06. The van der Waals surface area contributed by atoms with Crippen molar-refractivity contribution in [2.45, 2.75) is 18.8 Å².